The van der Waals surface area contributed by atoms with Crippen molar-refractivity contribution < 1.29 is 17.9 Å². The second kappa shape index (κ2) is 8.94. The van der Waals surface area contributed by atoms with Crippen LogP contribution in [0, 0.1) is 6.92 Å². The molecule has 0 atom stereocenters. The fourth-order valence-electron chi connectivity index (χ4n) is 2.43. The quantitative estimate of drug-likeness (QED) is 0.666. The number of hydrogen-bond acceptors (Lipinski definition) is 4. The second-order valence-corrected chi connectivity index (χ2v) is 9.51. The molecule has 0 fully saturated rings. The van der Waals surface area contributed by atoms with Gasteiger partial charge >= 0.3 is 0 Å². The summed E-state index contributed by atoms with van der Waals surface area (Å²) in [5, 5.41) is 3.36. The first-order chi connectivity index (χ1) is 13.0. The Hall–Kier alpha value is -2.09. The molecule has 0 aliphatic heterocycles. The highest BCUT2D eigenvalue weighted by atomic mass is 35.5. The lowest BCUT2D eigenvalue weighted by Crippen LogP contribution is -2.40. The van der Waals surface area contributed by atoms with Crippen molar-refractivity contribution in [1.82, 2.24) is 10.0 Å². The predicted octanol–water partition coefficient (Wildman–Crippen LogP) is 3.53. The van der Waals surface area contributed by atoms with Crippen molar-refractivity contribution in [2.45, 2.75) is 38.1 Å². The lowest BCUT2D eigenvalue weighted by atomic mass is 10.1. The summed E-state index contributed by atoms with van der Waals surface area (Å²) in [4.78, 5) is 12.5. The van der Waals surface area contributed by atoms with Crippen LogP contribution in [0.3, 0.4) is 0 Å². The molecule has 0 radical (unpaired) electrons. The van der Waals surface area contributed by atoms with Crippen molar-refractivity contribution in [3.05, 3.63) is 58.6 Å². The van der Waals surface area contributed by atoms with E-state index in [1.54, 1.807) is 58.0 Å². The third kappa shape index (κ3) is 6.51. The third-order valence-electron chi connectivity index (χ3n) is 3.67. The van der Waals surface area contributed by atoms with Crippen LogP contribution in [0.5, 0.6) is 5.75 Å². The van der Waals surface area contributed by atoms with Gasteiger partial charge in [-0.05, 0) is 69.7 Å². The molecule has 0 saturated heterocycles. The summed E-state index contributed by atoms with van der Waals surface area (Å²) in [6.45, 7) is 7.58. The summed E-state index contributed by atoms with van der Waals surface area (Å²) >= 11 is 5.82. The minimum Gasteiger partial charge on any atom is -0.492 e. The van der Waals surface area contributed by atoms with Gasteiger partial charge in [0.05, 0.1) is 11.4 Å². The van der Waals surface area contributed by atoms with Crippen LogP contribution in [0.4, 0.5) is 0 Å². The summed E-state index contributed by atoms with van der Waals surface area (Å²) in [5.74, 6) is 0.293. The van der Waals surface area contributed by atoms with E-state index in [-0.39, 0.29) is 24.0 Å². The summed E-state index contributed by atoms with van der Waals surface area (Å²) in [6, 6.07) is 11.4. The zero-order chi connectivity index (χ0) is 20.9. The van der Waals surface area contributed by atoms with Crippen molar-refractivity contribution in [3.8, 4) is 5.75 Å². The molecule has 0 spiro atoms. The number of sulfonamides is 1. The minimum atomic E-state index is -3.72. The third-order valence-corrected chi connectivity index (χ3v) is 5.68. The van der Waals surface area contributed by atoms with Crippen molar-refractivity contribution in [1.29, 1.82) is 0 Å². The van der Waals surface area contributed by atoms with E-state index < -0.39 is 15.6 Å². The van der Waals surface area contributed by atoms with Crippen LogP contribution in [0.15, 0.2) is 47.4 Å². The van der Waals surface area contributed by atoms with Gasteiger partial charge in [-0.25, -0.2) is 13.1 Å². The Morgan fingerprint density at radius 1 is 1.11 bits per heavy atom. The summed E-state index contributed by atoms with van der Waals surface area (Å²) in [5.41, 5.74) is 0.375. The molecule has 0 unspecified atom stereocenters. The van der Waals surface area contributed by atoms with E-state index in [4.69, 9.17) is 16.3 Å². The molecule has 8 heteroatoms. The minimum absolute atomic E-state index is 0.0515. The van der Waals surface area contributed by atoms with Crippen LogP contribution in [0.25, 0.3) is 0 Å². The molecule has 0 heterocycles. The number of benzene rings is 2. The Morgan fingerprint density at radius 3 is 2.36 bits per heavy atom. The fourth-order valence-corrected chi connectivity index (χ4v) is 4.00. The van der Waals surface area contributed by atoms with Gasteiger partial charge in [0, 0.05) is 16.1 Å². The maximum absolute atomic E-state index is 12.5. The lowest BCUT2D eigenvalue weighted by Gasteiger charge is -2.20. The Kier molecular flexibility index (Phi) is 7.09. The van der Waals surface area contributed by atoms with Crippen molar-refractivity contribution in [2.24, 2.45) is 0 Å². The maximum atomic E-state index is 12.5. The largest absolute Gasteiger partial charge is 0.492 e. The first-order valence-electron chi connectivity index (χ1n) is 8.79. The van der Waals surface area contributed by atoms with Crippen molar-refractivity contribution in [2.75, 3.05) is 13.2 Å². The Balaban J connectivity index is 2.01. The van der Waals surface area contributed by atoms with E-state index in [1.165, 1.54) is 12.1 Å². The molecule has 0 aliphatic rings. The Labute approximate surface area is 171 Å². The summed E-state index contributed by atoms with van der Waals surface area (Å²) < 4.78 is 33.1. The normalized spacial score (nSPS) is 11.9. The number of amides is 1. The Morgan fingerprint density at radius 2 is 1.75 bits per heavy atom. The molecule has 0 bridgehead atoms. The zero-order valence-corrected chi connectivity index (χ0v) is 17.9. The average molecular weight is 425 g/mol. The molecule has 6 nitrogen and oxygen atoms in total. The zero-order valence-electron chi connectivity index (χ0n) is 16.4. The first-order valence-corrected chi connectivity index (χ1v) is 10.7. The number of carbonyl (C=O) groups excluding carboxylic acids is 1. The second-order valence-electron chi connectivity index (χ2n) is 7.39. The fraction of sp³-hybridized carbons (Fsp3) is 0.350. The number of hydrogen-bond donors (Lipinski definition) is 2. The molecule has 0 aromatic heterocycles. The highest BCUT2D eigenvalue weighted by molar-refractivity contribution is 7.89. The van der Waals surface area contributed by atoms with Crippen LogP contribution in [-0.2, 0) is 10.0 Å². The van der Waals surface area contributed by atoms with Gasteiger partial charge in [0.2, 0.25) is 10.0 Å². The lowest BCUT2D eigenvalue weighted by molar-refractivity contribution is 0.0946. The van der Waals surface area contributed by atoms with Gasteiger partial charge in [0.1, 0.15) is 12.4 Å². The number of halogens is 1. The number of rotatable bonds is 7. The van der Waals surface area contributed by atoms with Gasteiger partial charge in [0.25, 0.3) is 5.91 Å². The van der Waals surface area contributed by atoms with E-state index in [1.807, 2.05) is 0 Å². The maximum Gasteiger partial charge on any atom is 0.251 e. The molecule has 2 aromatic rings. The molecule has 0 aliphatic carbocycles. The predicted molar refractivity (Wildman–Crippen MR) is 111 cm³/mol. The summed E-state index contributed by atoms with van der Waals surface area (Å²) in [6.07, 6.45) is 0. The van der Waals surface area contributed by atoms with Crippen molar-refractivity contribution >= 4 is 27.5 Å². The van der Waals surface area contributed by atoms with Gasteiger partial charge in [-0.15, -0.1) is 0 Å². The van der Waals surface area contributed by atoms with Crippen LogP contribution in [0.1, 0.15) is 36.7 Å². The molecular weight excluding hydrogens is 400 g/mol. The SMILES string of the molecule is Cc1ccc(S(=O)(=O)NC(C)(C)C)cc1C(=O)NCCOc1ccc(Cl)cc1. The molecule has 2 N–H and O–H groups in total. The Bertz CT molecular complexity index is 936. The van der Waals surface area contributed by atoms with Gasteiger partial charge < -0.3 is 10.1 Å². The average Bonchev–Trinajstić information content (AvgIpc) is 2.58. The number of aryl methyl sites for hydroxylation is 1. The molecule has 2 rings (SSSR count). The van der Waals surface area contributed by atoms with E-state index in [2.05, 4.69) is 10.0 Å². The van der Waals surface area contributed by atoms with Crippen LogP contribution in [-0.4, -0.2) is 33.0 Å². The van der Waals surface area contributed by atoms with Gasteiger partial charge in [0.15, 0.2) is 0 Å². The van der Waals surface area contributed by atoms with E-state index >= 15 is 0 Å². The molecule has 28 heavy (non-hydrogen) atoms. The van der Waals surface area contributed by atoms with Crippen LogP contribution >= 0.6 is 11.6 Å². The molecule has 1 amide bonds. The monoisotopic (exact) mass is 424 g/mol. The first kappa shape index (κ1) is 22.2. The molecule has 2 aromatic carbocycles. The van der Waals surface area contributed by atoms with Gasteiger partial charge in [-0.2, -0.15) is 0 Å². The van der Waals surface area contributed by atoms with E-state index in [0.29, 0.717) is 21.9 Å². The smallest absolute Gasteiger partial charge is 0.251 e. The van der Waals surface area contributed by atoms with Gasteiger partial charge in [-0.3, -0.25) is 4.79 Å². The standard InChI is InChI=1S/C20H25ClN2O4S/c1-14-5-10-17(28(25,26)23-20(2,3)4)13-18(14)19(24)22-11-12-27-16-8-6-15(21)7-9-16/h5-10,13,23H,11-12H2,1-4H3,(H,22,24). The number of carbonyl (C=O) groups is 1. The van der Waals surface area contributed by atoms with Gasteiger partial charge in [-0.1, -0.05) is 17.7 Å². The summed E-state index contributed by atoms with van der Waals surface area (Å²) in [7, 11) is -3.72. The number of ether oxygens (including phenoxy) is 1. The highest BCUT2D eigenvalue weighted by Crippen LogP contribution is 2.18. The van der Waals surface area contributed by atoms with E-state index in [9.17, 15) is 13.2 Å². The van der Waals surface area contributed by atoms with Crippen LogP contribution in [0.2, 0.25) is 5.02 Å². The molecule has 152 valence electrons. The molecular formula is C20H25ClN2O4S. The van der Waals surface area contributed by atoms with Crippen LogP contribution < -0.4 is 14.8 Å². The van der Waals surface area contributed by atoms with Crippen molar-refractivity contribution in [3.63, 3.8) is 0 Å². The molecule has 0 saturated carbocycles. The number of nitrogens with one attached hydrogen (secondary N) is 2. The topological polar surface area (TPSA) is 84.5 Å². The highest BCUT2D eigenvalue weighted by Gasteiger charge is 2.23. The van der Waals surface area contributed by atoms with E-state index in [0.717, 1.165) is 0 Å².